The number of nitrogens with one attached hydrogen (secondary N) is 1. The van der Waals surface area contributed by atoms with Crippen LogP contribution in [-0.4, -0.2) is 22.2 Å². The maximum Gasteiger partial charge on any atom is 0.239 e. The lowest BCUT2D eigenvalue weighted by Crippen LogP contribution is -2.33. The van der Waals surface area contributed by atoms with Gasteiger partial charge in [-0.1, -0.05) is 6.92 Å². The molecule has 0 saturated heterocycles. The molecule has 1 aromatic rings. The molecule has 0 radical (unpaired) electrons. The van der Waals surface area contributed by atoms with Crippen molar-refractivity contribution in [3.63, 3.8) is 0 Å². The summed E-state index contributed by atoms with van der Waals surface area (Å²) < 4.78 is 1.72. The standard InChI is InChI=1S/C9H16N4O/c1-4-11-8(9(10)14)7-5-12-13(3)6(7)2/h5,8,11H,4H2,1-3H3,(H2,10,14). The molecule has 78 valence electrons. The van der Waals surface area contributed by atoms with Crippen LogP contribution in [0.2, 0.25) is 0 Å². The van der Waals surface area contributed by atoms with Crippen molar-refractivity contribution in [1.82, 2.24) is 15.1 Å². The van der Waals surface area contributed by atoms with Gasteiger partial charge in [0.15, 0.2) is 0 Å². The second kappa shape index (κ2) is 4.23. The molecule has 0 aliphatic rings. The Hall–Kier alpha value is -1.36. The van der Waals surface area contributed by atoms with Gasteiger partial charge in [-0.15, -0.1) is 0 Å². The quantitative estimate of drug-likeness (QED) is 0.704. The maximum atomic E-state index is 11.2. The number of hydrogen-bond acceptors (Lipinski definition) is 3. The fourth-order valence-corrected chi connectivity index (χ4v) is 1.37. The van der Waals surface area contributed by atoms with Crippen molar-refractivity contribution in [2.75, 3.05) is 6.54 Å². The lowest BCUT2D eigenvalue weighted by Gasteiger charge is -2.13. The van der Waals surface area contributed by atoms with Crippen molar-refractivity contribution in [1.29, 1.82) is 0 Å². The van der Waals surface area contributed by atoms with Crippen molar-refractivity contribution in [3.05, 3.63) is 17.5 Å². The second-order valence-electron chi connectivity index (χ2n) is 3.20. The largest absolute Gasteiger partial charge is 0.368 e. The number of nitrogens with zero attached hydrogens (tertiary/aromatic N) is 2. The molecule has 1 rings (SSSR count). The third-order valence-electron chi connectivity index (χ3n) is 2.28. The second-order valence-corrected chi connectivity index (χ2v) is 3.20. The van der Waals surface area contributed by atoms with Gasteiger partial charge in [0.1, 0.15) is 6.04 Å². The summed E-state index contributed by atoms with van der Waals surface area (Å²) in [6, 6.07) is -0.436. The number of hydrogen-bond donors (Lipinski definition) is 2. The average Bonchev–Trinajstić information content (AvgIpc) is 2.44. The highest BCUT2D eigenvalue weighted by molar-refractivity contribution is 5.81. The van der Waals surface area contributed by atoms with Crippen LogP contribution < -0.4 is 11.1 Å². The van der Waals surface area contributed by atoms with Crippen molar-refractivity contribution in [3.8, 4) is 0 Å². The van der Waals surface area contributed by atoms with Gasteiger partial charge in [0, 0.05) is 18.3 Å². The highest BCUT2D eigenvalue weighted by Crippen LogP contribution is 2.15. The molecule has 5 heteroatoms. The van der Waals surface area contributed by atoms with Crippen molar-refractivity contribution >= 4 is 5.91 Å². The molecule has 0 aliphatic carbocycles. The summed E-state index contributed by atoms with van der Waals surface area (Å²) in [6.07, 6.45) is 1.67. The Bertz CT molecular complexity index is 332. The number of primary amides is 1. The van der Waals surface area contributed by atoms with E-state index in [1.54, 1.807) is 10.9 Å². The van der Waals surface area contributed by atoms with E-state index in [1.165, 1.54) is 0 Å². The van der Waals surface area contributed by atoms with E-state index in [9.17, 15) is 4.79 Å². The zero-order valence-electron chi connectivity index (χ0n) is 8.74. The summed E-state index contributed by atoms with van der Waals surface area (Å²) in [5.41, 5.74) is 7.10. The summed E-state index contributed by atoms with van der Waals surface area (Å²) in [5.74, 6) is -0.372. The summed E-state index contributed by atoms with van der Waals surface area (Å²) in [4.78, 5) is 11.2. The third-order valence-corrected chi connectivity index (χ3v) is 2.28. The Kier molecular flexibility index (Phi) is 3.24. The van der Waals surface area contributed by atoms with Gasteiger partial charge in [0.25, 0.3) is 0 Å². The number of likely N-dealkylation sites (N-methyl/N-ethyl adjacent to an activating group) is 1. The van der Waals surface area contributed by atoms with Gasteiger partial charge in [-0.2, -0.15) is 5.10 Å². The van der Waals surface area contributed by atoms with Crippen LogP contribution in [0.15, 0.2) is 6.20 Å². The predicted octanol–water partition coefficient (Wildman–Crippen LogP) is -0.136. The van der Waals surface area contributed by atoms with Gasteiger partial charge in [0.05, 0.1) is 6.20 Å². The Labute approximate surface area is 83.3 Å². The first-order chi connectivity index (χ1) is 6.57. The number of aromatic nitrogens is 2. The molecular formula is C9H16N4O. The van der Waals surface area contributed by atoms with Gasteiger partial charge in [-0.05, 0) is 13.5 Å². The first kappa shape index (κ1) is 10.7. The fourth-order valence-electron chi connectivity index (χ4n) is 1.37. The topological polar surface area (TPSA) is 72.9 Å². The van der Waals surface area contributed by atoms with E-state index < -0.39 is 6.04 Å². The molecule has 1 aromatic heterocycles. The minimum atomic E-state index is -0.436. The number of aryl methyl sites for hydroxylation is 1. The van der Waals surface area contributed by atoms with Gasteiger partial charge in [-0.3, -0.25) is 9.48 Å². The van der Waals surface area contributed by atoms with Crippen LogP contribution in [0.1, 0.15) is 24.2 Å². The Morgan fingerprint density at radius 1 is 1.79 bits per heavy atom. The smallest absolute Gasteiger partial charge is 0.239 e. The van der Waals surface area contributed by atoms with Crippen LogP contribution >= 0.6 is 0 Å². The highest BCUT2D eigenvalue weighted by Gasteiger charge is 2.20. The van der Waals surface area contributed by atoms with Crippen molar-refractivity contribution in [2.24, 2.45) is 12.8 Å². The van der Waals surface area contributed by atoms with Crippen LogP contribution in [0.5, 0.6) is 0 Å². The zero-order chi connectivity index (χ0) is 10.7. The summed E-state index contributed by atoms with van der Waals surface area (Å²) >= 11 is 0. The van der Waals surface area contributed by atoms with Crippen molar-refractivity contribution in [2.45, 2.75) is 19.9 Å². The first-order valence-corrected chi connectivity index (χ1v) is 4.59. The van der Waals surface area contributed by atoms with E-state index in [2.05, 4.69) is 10.4 Å². The Balaban J connectivity index is 2.99. The van der Waals surface area contributed by atoms with Crippen LogP contribution in [-0.2, 0) is 11.8 Å². The monoisotopic (exact) mass is 196 g/mol. The van der Waals surface area contributed by atoms with Crippen LogP contribution in [0.3, 0.4) is 0 Å². The van der Waals surface area contributed by atoms with E-state index >= 15 is 0 Å². The summed E-state index contributed by atoms with van der Waals surface area (Å²) in [7, 11) is 1.84. The molecule has 1 unspecified atom stereocenters. The molecule has 14 heavy (non-hydrogen) atoms. The summed E-state index contributed by atoms with van der Waals surface area (Å²) in [6.45, 7) is 4.54. The van der Waals surface area contributed by atoms with Crippen LogP contribution in [0.4, 0.5) is 0 Å². The molecule has 5 nitrogen and oxygen atoms in total. The highest BCUT2D eigenvalue weighted by atomic mass is 16.1. The Morgan fingerprint density at radius 3 is 2.79 bits per heavy atom. The minimum Gasteiger partial charge on any atom is -0.368 e. The number of carbonyl (C=O) groups excluding carboxylic acids is 1. The third kappa shape index (κ3) is 1.93. The SMILES string of the molecule is CCNC(C(N)=O)c1cnn(C)c1C. The maximum absolute atomic E-state index is 11.2. The predicted molar refractivity (Wildman–Crippen MR) is 53.6 cm³/mol. The lowest BCUT2D eigenvalue weighted by molar-refractivity contribution is -0.120. The molecule has 1 heterocycles. The number of rotatable bonds is 4. The van der Waals surface area contributed by atoms with E-state index in [0.29, 0.717) is 6.54 Å². The Morgan fingerprint density at radius 2 is 2.43 bits per heavy atom. The first-order valence-electron chi connectivity index (χ1n) is 4.59. The van der Waals surface area contributed by atoms with Crippen LogP contribution in [0, 0.1) is 6.92 Å². The van der Waals surface area contributed by atoms with Gasteiger partial charge >= 0.3 is 0 Å². The van der Waals surface area contributed by atoms with E-state index in [4.69, 9.17) is 5.73 Å². The normalized spacial score (nSPS) is 12.8. The number of nitrogens with two attached hydrogens (primary N) is 1. The van der Waals surface area contributed by atoms with Crippen LogP contribution in [0.25, 0.3) is 0 Å². The van der Waals surface area contributed by atoms with Gasteiger partial charge < -0.3 is 11.1 Å². The molecule has 1 atom stereocenters. The molecule has 1 amide bonds. The average molecular weight is 196 g/mol. The molecule has 0 spiro atoms. The number of carbonyl (C=O) groups is 1. The van der Waals surface area contributed by atoms with E-state index in [-0.39, 0.29) is 5.91 Å². The molecule has 0 bridgehead atoms. The molecule has 0 saturated carbocycles. The zero-order valence-corrected chi connectivity index (χ0v) is 8.74. The lowest BCUT2D eigenvalue weighted by atomic mass is 10.1. The summed E-state index contributed by atoms with van der Waals surface area (Å²) in [5, 5.41) is 7.10. The molecule has 0 aromatic carbocycles. The van der Waals surface area contributed by atoms with E-state index in [0.717, 1.165) is 11.3 Å². The van der Waals surface area contributed by atoms with E-state index in [1.807, 2.05) is 20.9 Å². The molecule has 0 aliphatic heterocycles. The molecular weight excluding hydrogens is 180 g/mol. The fraction of sp³-hybridized carbons (Fsp3) is 0.556. The van der Waals surface area contributed by atoms with Gasteiger partial charge in [-0.25, -0.2) is 0 Å². The number of amides is 1. The molecule has 3 N–H and O–H groups in total. The van der Waals surface area contributed by atoms with Crippen molar-refractivity contribution < 1.29 is 4.79 Å². The molecule has 0 fully saturated rings. The van der Waals surface area contributed by atoms with Gasteiger partial charge in [0.2, 0.25) is 5.91 Å². The minimum absolute atomic E-state index is 0.372.